The Bertz CT molecular complexity index is 614. The van der Waals surface area contributed by atoms with Crippen LogP contribution in [0.3, 0.4) is 0 Å². The highest BCUT2D eigenvalue weighted by Gasteiger charge is 2.45. The number of nitrogens with zero attached hydrogens (tertiary/aromatic N) is 5. The molecule has 1 amide bonds. The minimum atomic E-state index is 0.216. The number of aryl methyl sites for hydroxylation is 1. The molecule has 3 atom stereocenters. The number of anilines is 1. The molecule has 0 aliphatic carbocycles. The van der Waals surface area contributed by atoms with Crippen LogP contribution in [0.25, 0.3) is 0 Å². The number of ether oxygens (including phenoxy) is 1. The Morgan fingerprint density at radius 2 is 2.00 bits per heavy atom. The normalized spacial score (nSPS) is 29.9. The number of piperazine rings is 1. The highest BCUT2D eigenvalue weighted by Crippen LogP contribution is 2.37. The first-order chi connectivity index (χ1) is 12.1. The number of rotatable bonds is 3. The zero-order valence-electron chi connectivity index (χ0n) is 15.1. The lowest BCUT2D eigenvalue weighted by Gasteiger charge is -2.33. The predicted octanol–water partition coefficient (Wildman–Crippen LogP) is 0.400. The average molecular weight is 345 g/mol. The third-order valence-electron chi connectivity index (χ3n) is 5.84. The molecule has 7 heteroatoms. The van der Waals surface area contributed by atoms with Gasteiger partial charge in [0.2, 0.25) is 5.91 Å². The highest BCUT2D eigenvalue weighted by molar-refractivity contribution is 5.76. The fourth-order valence-electron chi connectivity index (χ4n) is 4.17. The van der Waals surface area contributed by atoms with Crippen LogP contribution < -0.4 is 4.90 Å². The molecular weight excluding hydrogens is 318 g/mol. The van der Waals surface area contributed by atoms with Crippen LogP contribution in [0.15, 0.2) is 12.1 Å². The highest BCUT2D eigenvalue weighted by atomic mass is 16.5. The molecule has 136 valence electrons. The van der Waals surface area contributed by atoms with E-state index in [1.54, 1.807) is 0 Å². The Morgan fingerprint density at radius 1 is 1.20 bits per heavy atom. The third kappa shape index (κ3) is 3.48. The monoisotopic (exact) mass is 345 g/mol. The molecule has 0 N–H and O–H groups in total. The summed E-state index contributed by atoms with van der Waals surface area (Å²) in [5, 5.41) is 8.45. The molecular formula is C18H27N5O2. The zero-order chi connectivity index (χ0) is 17.4. The van der Waals surface area contributed by atoms with Gasteiger partial charge in [0, 0.05) is 51.6 Å². The molecule has 3 saturated heterocycles. The summed E-state index contributed by atoms with van der Waals surface area (Å²) < 4.78 is 6.00. The number of amides is 1. The molecule has 1 aromatic rings. The van der Waals surface area contributed by atoms with E-state index in [2.05, 4.69) is 27.0 Å². The Kier molecular flexibility index (Phi) is 4.60. The maximum Gasteiger partial charge on any atom is 0.223 e. The second-order valence-electron chi connectivity index (χ2n) is 7.62. The van der Waals surface area contributed by atoms with Crippen LogP contribution >= 0.6 is 0 Å². The molecule has 1 aromatic heterocycles. The summed E-state index contributed by atoms with van der Waals surface area (Å²) in [5.74, 6) is 1.93. The molecule has 0 spiro atoms. The average Bonchev–Trinajstić information content (AvgIpc) is 3.18. The number of likely N-dealkylation sites (N-methyl/N-ethyl adjacent to an activating group) is 1. The van der Waals surface area contributed by atoms with Crippen molar-refractivity contribution in [2.75, 3.05) is 57.8 Å². The van der Waals surface area contributed by atoms with Gasteiger partial charge in [0.05, 0.1) is 18.4 Å². The van der Waals surface area contributed by atoms with E-state index in [1.165, 1.54) is 0 Å². The van der Waals surface area contributed by atoms with Crippen LogP contribution in [0, 0.1) is 18.8 Å². The van der Waals surface area contributed by atoms with Crippen molar-refractivity contribution in [2.24, 2.45) is 11.8 Å². The van der Waals surface area contributed by atoms with Crippen molar-refractivity contribution in [1.82, 2.24) is 20.0 Å². The first kappa shape index (κ1) is 16.7. The van der Waals surface area contributed by atoms with Crippen molar-refractivity contribution in [1.29, 1.82) is 0 Å². The maximum atomic E-state index is 12.7. The molecule has 0 aromatic carbocycles. The van der Waals surface area contributed by atoms with Gasteiger partial charge in [-0.3, -0.25) is 4.79 Å². The van der Waals surface area contributed by atoms with Gasteiger partial charge in [-0.05, 0) is 32.0 Å². The summed E-state index contributed by atoms with van der Waals surface area (Å²) in [6, 6.07) is 4.01. The molecule has 3 aliphatic heterocycles. The van der Waals surface area contributed by atoms with Gasteiger partial charge in [-0.1, -0.05) is 0 Å². The first-order valence-electron chi connectivity index (χ1n) is 9.23. The number of aromatic nitrogens is 2. The van der Waals surface area contributed by atoms with Gasteiger partial charge < -0.3 is 19.4 Å². The van der Waals surface area contributed by atoms with Crippen LogP contribution in [0.1, 0.15) is 12.1 Å². The number of fused-ring (bicyclic) bond motifs is 1. The van der Waals surface area contributed by atoms with E-state index in [9.17, 15) is 4.79 Å². The van der Waals surface area contributed by atoms with Crippen LogP contribution in [0.4, 0.5) is 5.82 Å². The van der Waals surface area contributed by atoms with E-state index in [-0.39, 0.29) is 12.0 Å². The molecule has 0 saturated carbocycles. The second kappa shape index (κ2) is 6.88. The van der Waals surface area contributed by atoms with E-state index in [1.807, 2.05) is 24.0 Å². The summed E-state index contributed by atoms with van der Waals surface area (Å²) in [5.41, 5.74) is 0.926. The molecule has 0 unspecified atom stereocenters. The van der Waals surface area contributed by atoms with Gasteiger partial charge in [-0.15, -0.1) is 5.10 Å². The van der Waals surface area contributed by atoms with Crippen LogP contribution in [-0.4, -0.2) is 84.9 Å². The lowest BCUT2D eigenvalue weighted by atomic mass is 9.90. The van der Waals surface area contributed by atoms with E-state index in [0.29, 0.717) is 24.9 Å². The first-order valence-corrected chi connectivity index (χ1v) is 9.23. The quantitative estimate of drug-likeness (QED) is 0.790. The van der Waals surface area contributed by atoms with Crippen molar-refractivity contribution in [3.05, 3.63) is 17.8 Å². The van der Waals surface area contributed by atoms with Gasteiger partial charge in [-0.25, -0.2) is 0 Å². The van der Waals surface area contributed by atoms with Gasteiger partial charge in [0.25, 0.3) is 0 Å². The number of hydrogen-bond donors (Lipinski definition) is 0. The molecule has 4 rings (SSSR count). The summed E-state index contributed by atoms with van der Waals surface area (Å²) in [4.78, 5) is 19.2. The number of hydrogen-bond acceptors (Lipinski definition) is 6. The smallest absolute Gasteiger partial charge is 0.223 e. The molecule has 7 nitrogen and oxygen atoms in total. The van der Waals surface area contributed by atoms with Gasteiger partial charge in [0.15, 0.2) is 5.82 Å². The molecule has 4 heterocycles. The van der Waals surface area contributed by atoms with E-state index < -0.39 is 0 Å². The minimum absolute atomic E-state index is 0.216. The summed E-state index contributed by atoms with van der Waals surface area (Å²) in [7, 11) is 2.11. The molecule has 25 heavy (non-hydrogen) atoms. The van der Waals surface area contributed by atoms with Crippen molar-refractivity contribution < 1.29 is 9.53 Å². The van der Waals surface area contributed by atoms with Gasteiger partial charge in [0.1, 0.15) is 0 Å². The van der Waals surface area contributed by atoms with Crippen LogP contribution in [0.2, 0.25) is 0 Å². The fourth-order valence-corrected chi connectivity index (χ4v) is 4.17. The minimum Gasteiger partial charge on any atom is -0.376 e. The van der Waals surface area contributed by atoms with E-state index >= 15 is 0 Å². The summed E-state index contributed by atoms with van der Waals surface area (Å²) in [6.45, 7) is 8.05. The van der Waals surface area contributed by atoms with Crippen molar-refractivity contribution >= 4 is 11.7 Å². The summed E-state index contributed by atoms with van der Waals surface area (Å²) >= 11 is 0. The standard InChI is InChI=1S/C18H27N5O2/c1-13-3-4-17(20-19-13)23-10-15-14(12-25-16(15)11-23)9-18(24)22-7-5-21(2)6-8-22/h3-4,14-16H,5-12H2,1-2H3/t14-,15-,16-/m1/s1. The fraction of sp³-hybridized carbons (Fsp3) is 0.722. The van der Waals surface area contributed by atoms with E-state index in [4.69, 9.17) is 4.74 Å². The SMILES string of the molecule is Cc1ccc(N2C[C@@H]3[C@H](CC(=O)N4CCN(C)CC4)CO[C@@H]3C2)nn1. The van der Waals surface area contributed by atoms with Crippen molar-refractivity contribution in [2.45, 2.75) is 19.4 Å². The molecule has 0 radical (unpaired) electrons. The third-order valence-corrected chi connectivity index (χ3v) is 5.84. The Hall–Kier alpha value is -1.73. The molecule has 3 fully saturated rings. The Morgan fingerprint density at radius 3 is 2.72 bits per heavy atom. The Balaban J connectivity index is 1.35. The largest absolute Gasteiger partial charge is 0.376 e. The predicted molar refractivity (Wildman–Crippen MR) is 94.4 cm³/mol. The topological polar surface area (TPSA) is 61.8 Å². The molecule has 3 aliphatic rings. The second-order valence-corrected chi connectivity index (χ2v) is 7.62. The lowest BCUT2D eigenvalue weighted by molar-refractivity contribution is -0.134. The van der Waals surface area contributed by atoms with E-state index in [0.717, 1.165) is 50.8 Å². The maximum absolute atomic E-state index is 12.7. The van der Waals surface area contributed by atoms with Gasteiger partial charge >= 0.3 is 0 Å². The van der Waals surface area contributed by atoms with Crippen LogP contribution in [0.5, 0.6) is 0 Å². The van der Waals surface area contributed by atoms with Gasteiger partial charge in [-0.2, -0.15) is 5.10 Å². The lowest BCUT2D eigenvalue weighted by Crippen LogP contribution is -2.47. The van der Waals surface area contributed by atoms with Crippen molar-refractivity contribution in [3.8, 4) is 0 Å². The zero-order valence-corrected chi connectivity index (χ0v) is 15.1. The van der Waals surface area contributed by atoms with Crippen LogP contribution in [-0.2, 0) is 9.53 Å². The number of carbonyl (C=O) groups is 1. The molecule has 0 bridgehead atoms. The Labute approximate surface area is 148 Å². The summed E-state index contributed by atoms with van der Waals surface area (Å²) in [6.07, 6.45) is 0.826. The number of carbonyl (C=O) groups excluding carboxylic acids is 1. The van der Waals surface area contributed by atoms with Crippen molar-refractivity contribution in [3.63, 3.8) is 0 Å².